The van der Waals surface area contributed by atoms with Crippen molar-refractivity contribution in [2.45, 2.75) is 6.54 Å². The van der Waals surface area contributed by atoms with Crippen LogP contribution in [0.3, 0.4) is 0 Å². The van der Waals surface area contributed by atoms with Crippen molar-refractivity contribution in [3.8, 4) is 0 Å². The minimum atomic E-state index is -0.426. The van der Waals surface area contributed by atoms with Gasteiger partial charge in [-0.3, -0.25) is 10.1 Å². The molecule has 0 heterocycles. The molecule has 0 saturated carbocycles. The van der Waals surface area contributed by atoms with Gasteiger partial charge < -0.3 is 5.32 Å². The normalized spacial score (nSPS) is 10.2. The molecule has 0 fully saturated rings. The molecule has 2 aromatic rings. The summed E-state index contributed by atoms with van der Waals surface area (Å²) in [5.41, 5.74) is 1.72. The van der Waals surface area contributed by atoms with Gasteiger partial charge in [-0.2, -0.15) is 0 Å². The van der Waals surface area contributed by atoms with E-state index >= 15 is 0 Å². The topological polar surface area (TPSA) is 55.2 Å². The molecule has 0 spiro atoms. The number of hydrogen-bond acceptors (Lipinski definition) is 3. The molecular formula is C13H10Cl2N2O2. The number of non-ortho nitro benzene ring substituents is 1. The van der Waals surface area contributed by atoms with Crippen LogP contribution in [0.25, 0.3) is 0 Å². The summed E-state index contributed by atoms with van der Waals surface area (Å²) < 4.78 is 0. The molecule has 98 valence electrons. The molecule has 0 aliphatic heterocycles. The molecule has 0 aromatic heterocycles. The molecule has 0 bridgehead atoms. The summed E-state index contributed by atoms with van der Waals surface area (Å²) in [5, 5.41) is 14.6. The average molecular weight is 297 g/mol. The van der Waals surface area contributed by atoms with Gasteiger partial charge in [0.25, 0.3) is 5.69 Å². The van der Waals surface area contributed by atoms with Crippen LogP contribution in [0, 0.1) is 10.1 Å². The Morgan fingerprint density at radius 1 is 1.11 bits per heavy atom. The van der Waals surface area contributed by atoms with Crippen molar-refractivity contribution in [3.05, 3.63) is 68.2 Å². The molecule has 0 unspecified atom stereocenters. The second-order valence-corrected chi connectivity index (χ2v) is 4.66. The van der Waals surface area contributed by atoms with Crippen molar-refractivity contribution < 1.29 is 4.92 Å². The standard InChI is InChI=1S/C13H10Cl2N2O2/c14-11-2-1-3-12(13(11)15)16-8-9-4-6-10(7-5-9)17(18)19/h1-7,16H,8H2. The average Bonchev–Trinajstić information content (AvgIpc) is 2.41. The first kappa shape index (κ1) is 13.6. The van der Waals surface area contributed by atoms with Crippen LogP contribution >= 0.6 is 23.2 Å². The molecule has 0 amide bonds. The maximum atomic E-state index is 10.5. The fraction of sp³-hybridized carbons (Fsp3) is 0.0769. The Labute approximate surface area is 120 Å². The van der Waals surface area contributed by atoms with E-state index in [0.29, 0.717) is 16.6 Å². The van der Waals surface area contributed by atoms with E-state index < -0.39 is 4.92 Å². The molecule has 2 rings (SSSR count). The van der Waals surface area contributed by atoms with Crippen LogP contribution < -0.4 is 5.32 Å². The number of hydrogen-bond donors (Lipinski definition) is 1. The van der Waals surface area contributed by atoms with Crippen molar-refractivity contribution in [1.82, 2.24) is 0 Å². The highest BCUT2D eigenvalue weighted by molar-refractivity contribution is 6.43. The summed E-state index contributed by atoms with van der Waals surface area (Å²) in [7, 11) is 0. The van der Waals surface area contributed by atoms with Crippen LogP contribution in [0.5, 0.6) is 0 Å². The largest absolute Gasteiger partial charge is 0.380 e. The first-order chi connectivity index (χ1) is 9.08. The molecule has 1 N–H and O–H groups in total. The Bertz CT molecular complexity index is 600. The van der Waals surface area contributed by atoms with E-state index in [1.54, 1.807) is 24.3 Å². The summed E-state index contributed by atoms with van der Waals surface area (Å²) in [4.78, 5) is 10.1. The van der Waals surface area contributed by atoms with Gasteiger partial charge in [0, 0.05) is 18.7 Å². The van der Waals surface area contributed by atoms with E-state index in [1.165, 1.54) is 12.1 Å². The number of anilines is 1. The fourth-order valence-electron chi connectivity index (χ4n) is 1.57. The zero-order valence-corrected chi connectivity index (χ0v) is 11.3. The lowest BCUT2D eigenvalue weighted by Crippen LogP contribution is -2.00. The molecule has 0 aliphatic rings. The molecule has 0 radical (unpaired) electrons. The van der Waals surface area contributed by atoms with Gasteiger partial charge in [-0.1, -0.05) is 41.4 Å². The van der Waals surface area contributed by atoms with E-state index in [0.717, 1.165) is 11.3 Å². The Morgan fingerprint density at radius 3 is 2.42 bits per heavy atom. The molecule has 2 aromatic carbocycles. The van der Waals surface area contributed by atoms with Gasteiger partial charge in [0.15, 0.2) is 0 Å². The third-order valence-electron chi connectivity index (χ3n) is 2.58. The number of nitro groups is 1. The van der Waals surface area contributed by atoms with E-state index in [4.69, 9.17) is 23.2 Å². The lowest BCUT2D eigenvalue weighted by Gasteiger charge is -2.09. The van der Waals surface area contributed by atoms with E-state index in [2.05, 4.69) is 5.32 Å². The molecule has 19 heavy (non-hydrogen) atoms. The van der Waals surface area contributed by atoms with Crippen LogP contribution in [0.4, 0.5) is 11.4 Å². The summed E-state index contributed by atoms with van der Waals surface area (Å²) in [5.74, 6) is 0. The first-order valence-electron chi connectivity index (χ1n) is 5.49. The lowest BCUT2D eigenvalue weighted by molar-refractivity contribution is -0.384. The smallest absolute Gasteiger partial charge is 0.269 e. The lowest BCUT2D eigenvalue weighted by atomic mass is 10.2. The highest BCUT2D eigenvalue weighted by atomic mass is 35.5. The van der Waals surface area contributed by atoms with Crippen molar-refractivity contribution in [2.24, 2.45) is 0 Å². The molecule has 4 nitrogen and oxygen atoms in total. The Kier molecular flexibility index (Phi) is 4.24. The first-order valence-corrected chi connectivity index (χ1v) is 6.25. The highest BCUT2D eigenvalue weighted by Crippen LogP contribution is 2.29. The molecule has 0 saturated heterocycles. The van der Waals surface area contributed by atoms with Gasteiger partial charge >= 0.3 is 0 Å². The zero-order chi connectivity index (χ0) is 13.8. The van der Waals surface area contributed by atoms with Crippen LogP contribution in [-0.2, 0) is 6.54 Å². The van der Waals surface area contributed by atoms with Gasteiger partial charge in [-0.15, -0.1) is 0 Å². The summed E-state index contributed by atoms with van der Waals surface area (Å²) in [6, 6.07) is 11.7. The SMILES string of the molecule is O=[N+]([O-])c1ccc(CNc2cccc(Cl)c2Cl)cc1. The molecular weight excluding hydrogens is 287 g/mol. The summed E-state index contributed by atoms with van der Waals surface area (Å²) >= 11 is 11.9. The van der Waals surface area contributed by atoms with Crippen LogP contribution in [0.1, 0.15) is 5.56 Å². The third kappa shape index (κ3) is 3.36. The molecule has 0 aliphatic carbocycles. The minimum absolute atomic E-state index is 0.0736. The van der Waals surface area contributed by atoms with Crippen molar-refractivity contribution >= 4 is 34.6 Å². The van der Waals surface area contributed by atoms with Crippen molar-refractivity contribution in [2.75, 3.05) is 5.32 Å². The highest BCUT2D eigenvalue weighted by Gasteiger charge is 2.06. The maximum Gasteiger partial charge on any atom is 0.269 e. The zero-order valence-electron chi connectivity index (χ0n) is 9.77. The molecule has 6 heteroatoms. The van der Waals surface area contributed by atoms with Gasteiger partial charge in [0.05, 0.1) is 20.7 Å². The quantitative estimate of drug-likeness (QED) is 0.667. The van der Waals surface area contributed by atoms with E-state index in [9.17, 15) is 10.1 Å². The van der Waals surface area contributed by atoms with Crippen LogP contribution in [0.15, 0.2) is 42.5 Å². The maximum absolute atomic E-state index is 10.5. The number of benzene rings is 2. The third-order valence-corrected chi connectivity index (χ3v) is 3.40. The minimum Gasteiger partial charge on any atom is -0.380 e. The van der Waals surface area contributed by atoms with Crippen molar-refractivity contribution in [3.63, 3.8) is 0 Å². The fourth-order valence-corrected chi connectivity index (χ4v) is 1.94. The predicted octanol–water partition coefficient (Wildman–Crippen LogP) is 4.51. The second kappa shape index (κ2) is 5.91. The molecule has 0 atom stereocenters. The second-order valence-electron chi connectivity index (χ2n) is 3.88. The van der Waals surface area contributed by atoms with Gasteiger partial charge in [-0.05, 0) is 17.7 Å². The summed E-state index contributed by atoms with van der Waals surface area (Å²) in [6.45, 7) is 0.512. The number of nitrogens with one attached hydrogen (secondary N) is 1. The number of nitro benzene ring substituents is 1. The Morgan fingerprint density at radius 2 is 1.79 bits per heavy atom. The monoisotopic (exact) mass is 296 g/mol. The number of halogens is 2. The summed E-state index contributed by atoms with van der Waals surface area (Å²) in [6.07, 6.45) is 0. The van der Waals surface area contributed by atoms with Crippen LogP contribution in [-0.4, -0.2) is 4.92 Å². The van der Waals surface area contributed by atoms with Crippen molar-refractivity contribution in [1.29, 1.82) is 0 Å². The number of rotatable bonds is 4. The Balaban J connectivity index is 2.06. The van der Waals surface area contributed by atoms with E-state index in [-0.39, 0.29) is 5.69 Å². The van der Waals surface area contributed by atoms with Gasteiger partial charge in [-0.25, -0.2) is 0 Å². The van der Waals surface area contributed by atoms with Gasteiger partial charge in [0.1, 0.15) is 0 Å². The Hall–Kier alpha value is -1.78. The van der Waals surface area contributed by atoms with E-state index in [1.807, 2.05) is 6.07 Å². The van der Waals surface area contributed by atoms with Crippen LogP contribution in [0.2, 0.25) is 10.0 Å². The number of nitrogens with zero attached hydrogens (tertiary/aromatic N) is 1. The van der Waals surface area contributed by atoms with Gasteiger partial charge in [0.2, 0.25) is 0 Å². The predicted molar refractivity (Wildman–Crippen MR) is 76.9 cm³/mol.